The Balaban J connectivity index is 1.69. The van der Waals surface area contributed by atoms with Crippen LogP contribution in [-0.4, -0.2) is 25.9 Å². The summed E-state index contributed by atoms with van der Waals surface area (Å²) in [6, 6.07) is 13.4. The van der Waals surface area contributed by atoms with Gasteiger partial charge < -0.3 is 5.32 Å². The molecule has 0 atom stereocenters. The third kappa shape index (κ3) is 3.17. The number of rotatable bonds is 4. The molecule has 2 aromatic heterocycles. The van der Waals surface area contributed by atoms with Crippen LogP contribution >= 0.6 is 0 Å². The Kier molecular flexibility index (Phi) is 3.91. The molecule has 22 heavy (non-hydrogen) atoms. The number of benzene rings is 1. The second-order valence-corrected chi connectivity index (χ2v) is 4.89. The van der Waals surface area contributed by atoms with Gasteiger partial charge in [0.05, 0.1) is 24.1 Å². The predicted molar refractivity (Wildman–Crippen MR) is 81.5 cm³/mol. The van der Waals surface area contributed by atoms with E-state index in [9.17, 15) is 4.79 Å². The maximum atomic E-state index is 12.1. The maximum Gasteiger partial charge on any atom is 0.273 e. The highest BCUT2D eigenvalue weighted by Crippen LogP contribution is 2.09. The van der Waals surface area contributed by atoms with Crippen molar-refractivity contribution in [3.05, 3.63) is 71.8 Å². The Bertz CT molecular complexity index is 782. The molecule has 6 heteroatoms. The van der Waals surface area contributed by atoms with Crippen LogP contribution in [0.25, 0.3) is 5.69 Å². The summed E-state index contributed by atoms with van der Waals surface area (Å²) in [7, 11) is 0. The SMILES string of the molecule is Cc1cccc(-n2cc(C(=O)NCc3ccccn3)nn2)c1. The first-order valence-electron chi connectivity index (χ1n) is 6.90. The van der Waals surface area contributed by atoms with Gasteiger partial charge in [0.1, 0.15) is 0 Å². The predicted octanol–water partition coefficient (Wildman–Crippen LogP) is 1.90. The summed E-state index contributed by atoms with van der Waals surface area (Å²) >= 11 is 0. The lowest BCUT2D eigenvalue weighted by molar-refractivity contribution is 0.0945. The van der Waals surface area contributed by atoms with Gasteiger partial charge in [-0.25, -0.2) is 4.68 Å². The molecule has 110 valence electrons. The van der Waals surface area contributed by atoms with E-state index in [4.69, 9.17) is 0 Å². The van der Waals surface area contributed by atoms with Crippen molar-refractivity contribution in [2.75, 3.05) is 0 Å². The molecule has 1 amide bonds. The molecule has 6 nitrogen and oxygen atoms in total. The number of carbonyl (C=O) groups is 1. The lowest BCUT2D eigenvalue weighted by Gasteiger charge is -2.02. The van der Waals surface area contributed by atoms with E-state index in [0.717, 1.165) is 16.9 Å². The molecular formula is C16H15N5O. The van der Waals surface area contributed by atoms with Crippen LogP contribution in [0.1, 0.15) is 21.7 Å². The Morgan fingerprint density at radius 1 is 1.23 bits per heavy atom. The van der Waals surface area contributed by atoms with Crippen molar-refractivity contribution in [1.82, 2.24) is 25.3 Å². The summed E-state index contributed by atoms with van der Waals surface area (Å²) in [5.74, 6) is -0.274. The average molecular weight is 293 g/mol. The number of hydrogen-bond acceptors (Lipinski definition) is 4. The zero-order valence-electron chi connectivity index (χ0n) is 12.1. The number of nitrogens with one attached hydrogen (secondary N) is 1. The minimum absolute atomic E-state index is 0.274. The van der Waals surface area contributed by atoms with Gasteiger partial charge in [-0.1, -0.05) is 23.4 Å². The molecule has 0 aliphatic rings. The number of aryl methyl sites for hydroxylation is 1. The molecule has 0 bridgehead atoms. The van der Waals surface area contributed by atoms with Gasteiger partial charge in [-0.3, -0.25) is 9.78 Å². The molecular weight excluding hydrogens is 278 g/mol. The minimum atomic E-state index is -0.274. The standard InChI is InChI=1S/C16H15N5O/c1-12-5-4-7-14(9-12)21-11-15(19-20-21)16(22)18-10-13-6-2-3-8-17-13/h2-9,11H,10H2,1H3,(H,18,22). The maximum absolute atomic E-state index is 12.1. The van der Waals surface area contributed by atoms with Gasteiger partial charge in [-0.2, -0.15) is 0 Å². The van der Waals surface area contributed by atoms with Crippen molar-refractivity contribution in [1.29, 1.82) is 0 Å². The van der Waals surface area contributed by atoms with E-state index < -0.39 is 0 Å². The van der Waals surface area contributed by atoms with Gasteiger partial charge in [0.25, 0.3) is 5.91 Å². The van der Waals surface area contributed by atoms with Gasteiger partial charge in [0, 0.05) is 6.20 Å². The van der Waals surface area contributed by atoms with Gasteiger partial charge >= 0.3 is 0 Å². The molecule has 3 aromatic rings. The number of carbonyl (C=O) groups excluding carboxylic acids is 1. The number of nitrogens with zero attached hydrogens (tertiary/aromatic N) is 4. The van der Waals surface area contributed by atoms with Crippen LogP contribution in [0.4, 0.5) is 0 Å². The smallest absolute Gasteiger partial charge is 0.273 e. The number of pyridine rings is 1. The van der Waals surface area contributed by atoms with Crippen LogP contribution in [-0.2, 0) is 6.54 Å². The summed E-state index contributed by atoms with van der Waals surface area (Å²) < 4.78 is 1.59. The highest BCUT2D eigenvalue weighted by Gasteiger charge is 2.11. The van der Waals surface area contributed by atoms with E-state index in [1.54, 1.807) is 17.1 Å². The lowest BCUT2D eigenvalue weighted by Crippen LogP contribution is -2.23. The van der Waals surface area contributed by atoms with Gasteiger partial charge in [0.15, 0.2) is 5.69 Å². The summed E-state index contributed by atoms with van der Waals surface area (Å²) in [6.45, 7) is 2.36. The average Bonchev–Trinajstić information content (AvgIpc) is 3.04. The van der Waals surface area contributed by atoms with E-state index in [0.29, 0.717) is 6.54 Å². The van der Waals surface area contributed by atoms with Crippen LogP contribution in [0.15, 0.2) is 54.9 Å². The molecule has 0 unspecified atom stereocenters. The Morgan fingerprint density at radius 3 is 2.91 bits per heavy atom. The highest BCUT2D eigenvalue weighted by molar-refractivity contribution is 5.91. The van der Waals surface area contributed by atoms with Crippen molar-refractivity contribution in [2.45, 2.75) is 13.5 Å². The molecule has 1 aromatic carbocycles. The molecule has 0 radical (unpaired) electrons. The summed E-state index contributed by atoms with van der Waals surface area (Å²) in [5.41, 5.74) is 3.06. The molecule has 1 N–H and O–H groups in total. The van der Waals surface area contributed by atoms with Crippen LogP contribution < -0.4 is 5.32 Å². The summed E-state index contributed by atoms with van der Waals surface area (Å²) in [4.78, 5) is 16.2. The topological polar surface area (TPSA) is 72.7 Å². The second-order valence-electron chi connectivity index (χ2n) is 4.89. The lowest BCUT2D eigenvalue weighted by atomic mass is 10.2. The van der Waals surface area contributed by atoms with Crippen molar-refractivity contribution in [3.8, 4) is 5.69 Å². The van der Waals surface area contributed by atoms with Crippen LogP contribution in [0.2, 0.25) is 0 Å². The number of aromatic nitrogens is 4. The van der Waals surface area contributed by atoms with Crippen LogP contribution in [0, 0.1) is 6.92 Å². The zero-order valence-corrected chi connectivity index (χ0v) is 12.1. The van der Waals surface area contributed by atoms with Crippen molar-refractivity contribution in [2.24, 2.45) is 0 Å². The fraction of sp³-hybridized carbons (Fsp3) is 0.125. The van der Waals surface area contributed by atoms with Crippen LogP contribution in [0.3, 0.4) is 0 Å². The quantitative estimate of drug-likeness (QED) is 0.797. The Labute approximate surface area is 127 Å². The fourth-order valence-corrected chi connectivity index (χ4v) is 2.03. The van der Waals surface area contributed by atoms with E-state index >= 15 is 0 Å². The molecule has 0 spiro atoms. The van der Waals surface area contributed by atoms with Crippen molar-refractivity contribution in [3.63, 3.8) is 0 Å². The first kappa shape index (κ1) is 13.9. The monoisotopic (exact) mass is 293 g/mol. The second kappa shape index (κ2) is 6.17. The summed E-state index contributed by atoms with van der Waals surface area (Å²) in [6.07, 6.45) is 3.30. The van der Waals surface area contributed by atoms with E-state index in [2.05, 4.69) is 20.6 Å². The first-order valence-corrected chi connectivity index (χ1v) is 6.90. The Hall–Kier alpha value is -3.02. The molecule has 3 rings (SSSR count). The third-order valence-electron chi connectivity index (χ3n) is 3.15. The van der Waals surface area contributed by atoms with Gasteiger partial charge in [0.2, 0.25) is 0 Å². The molecule has 0 saturated heterocycles. The van der Waals surface area contributed by atoms with Crippen LogP contribution in [0.5, 0.6) is 0 Å². The third-order valence-corrected chi connectivity index (χ3v) is 3.15. The van der Waals surface area contributed by atoms with Crippen molar-refractivity contribution >= 4 is 5.91 Å². The summed E-state index contributed by atoms with van der Waals surface area (Å²) in [5, 5.41) is 10.7. The minimum Gasteiger partial charge on any atom is -0.345 e. The highest BCUT2D eigenvalue weighted by atomic mass is 16.2. The first-order chi connectivity index (χ1) is 10.7. The van der Waals surface area contributed by atoms with E-state index in [-0.39, 0.29) is 11.6 Å². The molecule has 0 aliphatic carbocycles. The molecule has 2 heterocycles. The van der Waals surface area contributed by atoms with Crippen molar-refractivity contribution < 1.29 is 4.79 Å². The molecule has 0 aliphatic heterocycles. The normalized spacial score (nSPS) is 10.4. The number of hydrogen-bond donors (Lipinski definition) is 1. The van der Waals surface area contributed by atoms with E-state index in [1.165, 1.54) is 0 Å². The Morgan fingerprint density at radius 2 is 2.14 bits per heavy atom. The molecule has 0 saturated carbocycles. The largest absolute Gasteiger partial charge is 0.345 e. The van der Waals surface area contributed by atoms with E-state index in [1.807, 2.05) is 49.4 Å². The van der Waals surface area contributed by atoms with Gasteiger partial charge in [-0.15, -0.1) is 5.10 Å². The zero-order chi connectivity index (χ0) is 15.4. The fourth-order valence-electron chi connectivity index (χ4n) is 2.03. The van der Waals surface area contributed by atoms with Gasteiger partial charge in [-0.05, 0) is 36.8 Å². The molecule has 0 fully saturated rings. The number of amides is 1.